The third kappa shape index (κ3) is 6.97. The van der Waals surface area contributed by atoms with Crippen molar-refractivity contribution >= 4 is 23.7 Å². The highest BCUT2D eigenvalue weighted by atomic mass is 35.5. The van der Waals surface area contributed by atoms with Gasteiger partial charge in [-0.25, -0.2) is 5.43 Å². The number of benzene rings is 3. The molecule has 0 aliphatic carbocycles. The van der Waals surface area contributed by atoms with Crippen molar-refractivity contribution in [3.8, 4) is 5.75 Å². The van der Waals surface area contributed by atoms with Gasteiger partial charge in [0.1, 0.15) is 12.4 Å². The van der Waals surface area contributed by atoms with Crippen LogP contribution in [-0.4, -0.2) is 12.1 Å². The number of rotatable bonds is 7. The number of halogens is 1. The fourth-order valence-corrected chi connectivity index (χ4v) is 3.24. The number of nitrogens with zero attached hydrogens (tertiary/aromatic N) is 1. The van der Waals surface area contributed by atoms with Crippen molar-refractivity contribution in [3.05, 3.63) is 100 Å². The number of nitrogens with one attached hydrogen (secondary N) is 1. The van der Waals surface area contributed by atoms with Crippen LogP contribution in [0.1, 0.15) is 43.0 Å². The van der Waals surface area contributed by atoms with Crippen LogP contribution in [0.3, 0.4) is 0 Å². The quantitative estimate of drug-likeness (QED) is 0.371. The van der Waals surface area contributed by atoms with Gasteiger partial charge in [0.25, 0.3) is 0 Å². The van der Waals surface area contributed by atoms with Gasteiger partial charge in [0.15, 0.2) is 0 Å². The number of hydrogen-bond donors (Lipinski definition) is 1. The Morgan fingerprint density at radius 3 is 2.45 bits per heavy atom. The van der Waals surface area contributed by atoms with Crippen LogP contribution in [0.15, 0.2) is 77.9 Å². The zero-order valence-electron chi connectivity index (χ0n) is 18.1. The van der Waals surface area contributed by atoms with Crippen LogP contribution in [0.2, 0.25) is 5.02 Å². The topological polar surface area (TPSA) is 50.7 Å². The zero-order valence-corrected chi connectivity index (χ0v) is 18.8. The lowest BCUT2D eigenvalue weighted by atomic mass is 9.86. The van der Waals surface area contributed by atoms with E-state index in [1.807, 2.05) is 60.7 Å². The molecule has 0 spiro atoms. The first kappa shape index (κ1) is 22.6. The van der Waals surface area contributed by atoms with E-state index >= 15 is 0 Å². The molecule has 3 aromatic carbocycles. The van der Waals surface area contributed by atoms with E-state index in [1.54, 1.807) is 6.21 Å². The molecule has 160 valence electrons. The minimum absolute atomic E-state index is 0.0906. The Balaban J connectivity index is 1.56. The molecule has 0 unspecified atom stereocenters. The number of hydrazone groups is 1. The second-order valence-electron chi connectivity index (χ2n) is 8.37. The molecule has 1 amide bonds. The van der Waals surface area contributed by atoms with Gasteiger partial charge in [-0.05, 0) is 46.4 Å². The van der Waals surface area contributed by atoms with Gasteiger partial charge < -0.3 is 4.74 Å². The van der Waals surface area contributed by atoms with Crippen LogP contribution < -0.4 is 10.2 Å². The summed E-state index contributed by atoms with van der Waals surface area (Å²) in [5.74, 6) is 0.510. The molecule has 0 atom stereocenters. The fraction of sp³-hybridized carbons (Fsp3) is 0.231. The van der Waals surface area contributed by atoms with E-state index in [1.165, 1.54) is 5.56 Å². The standard InChI is InChI=1S/C26H27ClN2O2/c1-26(2,3)22-13-11-19(12-14-22)16-25(30)29-28-17-21-8-4-5-10-24(21)31-18-20-7-6-9-23(27)15-20/h4-15,17H,16,18H2,1-3H3,(H,29,30)/b28-17-. The van der Waals surface area contributed by atoms with E-state index in [2.05, 4.69) is 43.4 Å². The molecule has 0 saturated carbocycles. The lowest BCUT2D eigenvalue weighted by Crippen LogP contribution is -2.20. The number of carbonyl (C=O) groups excluding carboxylic acids is 1. The molecule has 0 aromatic heterocycles. The average molecular weight is 435 g/mol. The zero-order chi connectivity index (χ0) is 22.3. The van der Waals surface area contributed by atoms with E-state index in [4.69, 9.17) is 16.3 Å². The Labute approximate surface area is 188 Å². The van der Waals surface area contributed by atoms with Gasteiger partial charge in [-0.3, -0.25) is 4.79 Å². The van der Waals surface area contributed by atoms with E-state index in [0.29, 0.717) is 17.4 Å². The normalized spacial score (nSPS) is 11.5. The summed E-state index contributed by atoms with van der Waals surface area (Å²) in [6.45, 7) is 6.89. The second kappa shape index (κ2) is 10.3. The van der Waals surface area contributed by atoms with Crippen LogP contribution in [-0.2, 0) is 23.2 Å². The van der Waals surface area contributed by atoms with Gasteiger partial charge in [-0.2, -0.15) is 5.10 Å². The molecular weight excluding hydrogens is 408 g/mol. The molecule has 31 heavy (non-hydrogen) atoms. The van der Waals surface area contributed by atoms with Crippen LogP contribution in [0.4, 0.5) is 0 Å². The highest BCUT2D eigenvalue weighted by molar-refractivity contribution is 6.30. The number of amides is 1. The van der Waals surface area contributed by atoms with Crippen LogP contribution >= 0.6 is 11.6 Å². The van der Waals surface area contributed by atoms with Gasteiger partial charge >= 0.3 is 0 Å². The first-order valence-corrected chi connectivity index (χ1v) is 10.6. The Bertz CT molecular complexity index is 1050. The molecule has 0 fully saturated rings. The van der Waals surface area contributed by atoms with Gasteiger partial charge in [0, 0.05) is 10.6 Å². The molecule has 3 aromatic rings. The minimum Gasteiger partial charge on any atom is -0.488 e. The summed E-state index contributed by atoms with van der Waals surface area (Å²) in [7, 11) is 0. The lowest BCUT2D eigenvalue weighted by Gasteiger charge is -2.19. The van der Waals surface area contributed by atoms with Gasteiger partial charge in [0.05, 0.1) is 12.6 Å². The molecule has 0 aliphatic rings. The van der Waals surface area contributed by atoms with Crippen LogP contribution in [0.5, 0.6) is 5.75 Å². The van der Waals surface area contributed by atoms with Gasteiger partial charge in [-0.15, -0.1) is 0 Å². The number of hydrogen-bond acceptors (Lipinski definition) is 3. The highest BCUT2D eigenvalue weighted by Crippen LogP contribution is 2.22. The van der Waals surface area contributed by atoms with Gasteiger partial charge in [-0.1, -0.05) is 80.9 Å². The van der Waals surface area contributed by atoms with Crippen molar-refractivity contribution in [3.63, 3.8) is 0 Å². The van der Waals surface area contributed by atoms with Crippen molar-refractivity contribution in [1.29, 1.82) is 0 Å². The molecule has 4 nitrogen and oxygen atoms in total. The number of para-hydroxylation sites is 1. The Hall–Kier alpha value is -3.11. The maximum Gasteiger partial charge on any atom is 0.244 e. The minimum atomic E-state index is -0.169. The molecule has 1 N–H and O–H groups in total. The summed E-state index contributed by atoms with van der Waals surface area (Å²) >= 11 is 6.02. The Kier molecular flexibility index (Phi) is 7.48. The first-order chi connectivity index (χ1) is 14.8. The Morgan fingerprint density at radius 2 is 1.74 bits per heavy atom. The second-order valence-corrected chi connectivity index (χ2v) is 8.81. The summed E-state index contributed by atoms with van der Waals surface area (Å²) in [5, 5.41) is 4.77. The lowest BCUT2D eigenvalue weighted by molar-refractivity contribution is -0.120. The molecule has 0 heterocycles. The van der Waals surface area contributed by atoms with Crippen molar-refractivity contribution in [1.82, 2.24) is 5.43 Å². The maximum absolute atomic E-state index is 12.2. The van der Waals surface area contributed by atoms with E-state index in [-0.39, 0.29) is 17.7 Å². The van der Waals surface area contributed by atoms with Crippen molar-refractivity contribution in [2.45, 2.75) is 39.2 Å². The fourth-order valence-electron chi connectivity index (χ4n) is 3.03. The number of carbonyl (C=O) groups is 1. The van der Waals surface area contributed by atoms with Crippen LogP contribution in [0.25, 0.3) is 0 Å². The molecule has 0 bridgehead atoms. The summed E-state index contributed by atoms with van der Waals surface area (Å²) < 4.78 is 5.91. The van der Waals surface area contributed by atoms with Crippen molar-refractivity contribution < 1.29 is 9.53 Å². The van der Waals surface area contributed by atoms with E-state index < -0.39 is 0 Å². The smallest absolute Gasteiger partial charge is 0.244 e. The molecule has 0 saturated heterocycles. The summed E-state index contributed by atoms with van der Waals surface area (Å²) in [5.41, 5.74) is 6.62. The largest absolute Gasteiger partial charge is 0.488 e. The van der Waals surface area contributed by atoms with E-state index in [9.17, 15) is 4.79 Å². The van der Waals surface area contributed by atoms with Crippen molar-refractivity contribution in [2.24, 2.45) is 5.10 Å². The molecular formula is C26H27ClN2O2. The third-order valence-corrected chi connectivity index (χ3v) is 5.02. The monoisotopic (exact) mass is 434 g/mol. The summed E-state index contributed by atoms with van der Waals surface area (Å²) in [4.78, 5) is 12.2. The average Bonchev–Trinajstić information content (AvgIpc) is 2.73. The Morgan fingerprint density at radius 1 is 1.00 bits per heavy atom. The molecule has 0 radical (unpaired) electrons. The predicted molar refractivity (Wildman–Crippen MR) is 127 cm³/mol. The highest BCUT2D eigenvalue weighted by Gasteiger charge is 2.13. The van der Waals surface area contributed by atoms with E-state index in [0.717, 1.165) is 16.7 Å². The summed E-state index contributed by atoms with van der Waals surface area (Å²) in [6.07, 6.45) is 1.86. The maximum atomic E-state index is 12.2. The predicted octanol–water partition coefficient (Wildman–Crippen LogP) is 5.91. The molecule has 3 rings (SSSR count). The first-order valence-electron chi connectivity index (χ1n) is 10.2. The molecule has 0 aliphatic heterocycles. The van der Waals surface area contributed by atoms with Gasteiger partial charge in [0.2, 0.25) is 5.91 Å². The number of ether oxygens (including phenoxy) is 1. The van der Waals surface area contributed by atoms with Crippen molar-refractivity contribution in [2.75, 3.05) is 0 Å². The SMILES string of the molecule is CC(C)(C)c1ccc(CC(=O)N/N=C\c2ccccc2OCc2cccc(Cl)c2)cc1. The molecule has 5 heteroatoms. The summed E-state index contributed by atoms with van der Waals surface area (Å²) in [6, 6.07) is 23.2. The van der Waals surface area contributed by atoms with Crippen LogP contribution in [0, 0.1) is 0 Å². The third-order valence-electron chi connectivity index (χ3n) is 4.78.